The van der Waals surface area contributed by atoms with E-state index in [-0.39, 0.29) is 11.9 Å². The van der Waals surface area contributed by atoms with Crippen molar-refractivity contribution in [2.45, 2.75) is 45.6 Å². The quantitative estimate of drug-likeness (QED) is 0.739. The summed E-state index contributed by atoms with van der Waals surface area (Å²) in [5, 5.41) is 5.95. The molecule has 1 rings (SSSR count). The lowest BCUT2D eigenvalue weighted by molar-refractivity contribution is -0.121. The molecule has 0 aliphatic rings. The first-order chi connectivity index (χ1) is 8.63. The minimum atomic E-state index is 0.00942. The summed E-state index contributed by atoms with van der Waals surface area (Å²) in [5.41, 5.74) is 1.01. The van der Waals surface area contributed by atoms with Crippen molar-refractivity contribution < 1.29 is 9.53 Å². The van der Waals surface area contributed by atoms with Crippen LogP contribution in [0.4, 0.5) is 0 Å². The van der Waals surface area contributed by atoms with Crippen molar-refractivity contribution >= 4 is 17.2 Å². The number of aromatic nitrogens is 1. The number of amides is 1. The Hall–Kier alpha value is -0.940. The van der Waals surface area contributed by atoms with Crippen LogP contribution in [0, 0.1) is 6.92 Å². The zero-order valence-corrected chi connectivity index (χ0v) is 12.2. The molecule has 0 bridgehead atoms. The molecule has 1 N–H and O–H groups in total. The number of hydrogen-bond donors (Lipinski definition) is 1. The maximum absolute atomic E-state index is 11.7. The van der Waals surface area contributed by atoms with E-state index in [0.29, 0.717) is 6.42 Å². The molecule has 0 aliphatic heterocycles. The molecule has 0 saturated carbocycles. The van der Waals surface area contributed by atoms with Crippen molar-refractivity contribution in [3.8, 4) is 0 Å². The molecule has 18 heavy (non-hydrogen) atoms. The predicted octanol–water partition coefficient (Wildman–Crippen LogP) is 2.84. The summed E-state index contributed by atoms with van der Waals surface area (Å²) in [7, 11) is 1.70. The van der Waals surface area contributed by atoms with Gasteiger partial charge in [0.25, 0.3) is 0 Å². The summed E-state index contributed by atoms with van der Waals surface area (Å²) in [6, 6.07) is 0.00942. The Morgan fingerprint density at radius 2 is 2.28 bits per heavy atom. The minimum Gasteiger partial charge on any atom is -0.385 e. The van der Waals surface area contributed by atoms with Gasteiger partial charge in [-0.1, -0.05) is 6.42 Å². The molecule has 0 aromatic carbocycles. The lowest BCUT2D eigenvalue weighted by Crippen LogP contribution is -2.26. The molecular formula is C13H22N2O2S. The van der Waals surface area contributed by atoms with E-state index in [1.807, 2.05) is 19.2 Å². The van der Waals surface area contributed by atoms with Crippen LogP contribution in [0.25, 0.3) is 0 Å². The van der Waals surface area contributed by atoms with Crippen LogP contribution < -0.4 is 5.32 Å². The van der Waals surface area contributed by atoms with Crippen LogP contribution in [0.5, 0.6) is 0 Å². The lowest BCUT2D eigenvalue weighted by atomic mass is 10.2. The van der Waals surface area contributed by atoms with Gasteiger partial charge in [-0.2, -0.15) is 0 Å². The molecule has 4 nitrogen and oxygen atoms in total. The van der Waals surface area contributed by atoms with Gasteiger partial charge in [-0.15, -0.1) is 11.3 Å². The molecule has 0 unspecified atom stereocenters. The maximum Gasteiger partial charge on any atom is 0.220 e. The number of aryl methyl sites for hydroxylation is 1. The Morgan fingerprint density at radius 3 is 2.89 bits per heavy atom. The van der Waals surface area contributed by atoms with Crippen molar-refractivity contribution in [1.82, 2.24) is 10.3 Å². The third-order valence-electron chi connectivity index (χ3n) is 2.64. The molecule has 0 saturated heterocycles. The molecule has 1 aromatic heterocycles. The highest BCUT2D eigenvalue weighted by atomic mass is 32.1. The van der Waals surface area contributed by atoms with Gasteiger partial charge in [-0.3, -0.25) is 4.79 Å². The van der Waals surface area contributed by atoms with Crippen LogP contribution in [0.2, 0.25) is 0 Å². The Morgan fingerprint density at radius 1 is 1.50 bits per heavy atom. The fourth-order valence-electron chi connectivity index (χ4n) is 1.66. The Kier molecular flexibility index (Phi) is 6.90. The van der Waals surface area contributed by atoms with Crippen molar-refractivity contribution in [1.29, 1.82) is 0 Å². The highest BCUT2D eigenvalue weighted by molar-refractivity contribution is 7.09. The first-order valence-corrected chi connectivity index (χ1v) is 7.21. The molecule has 0 fully saturated rings. The maximum atomic E-state index is 11.7. The summed E-state index contributed by atoms with van der Waals surface area (Å²) in [6.07, 6.45) is 3.55. The van der Waals surface area contributed by atoms with Crippen LogP contribution in [-0.2, 0) is 9.53 Å². The average Bonchev–Trinajstić information content (AvgIpc) is 2.75. The smallest absolute Gasteiger partial charge is 0.220 e. The molecular weight excluding hydrogens is 248 g/mol. The average molecular weight is 270 g/mol. The molecule has 1 atom stereocenters. The molecule has 0 radical (unpaired) electrons. The van der Waals surface area contributed by atoms with Gasteiger partial charge in [-0.25, -0.2) is 4.98 Å². The SMILES string of the molecule is COCCCCCC(=O)N[C@H](C)c1nc(C)cs1. The fraction of sp³-hybridized carbons (Fsp3) is 0.692. The predicted molar refractivity (Wildman–Crippen MR) is 73.8 cm³/mol. The summed E-state index contributed by atoms with van der Waals surface area (Å²) < 4.78 is 4.97. The Labute approximate surface area is 113 Å². The van der Waals surface area contributed by atoms with Crippen LogP contribution in [0.1, 0.15) is 49.4 Å². The molecule has 1 aromatic rings. The van der Waals surface area contributed by atoms with Gasteiger partial charge in [0.05, 0.1) is 6.04 Å². The van der Waals surface area contributed by atoms with Gasteiger partial charge in [0.2, 0.25) is 5.91 Å². The summed E-state index contributed by atoms with van der Waals surface area (Å²) in [4.78, 5) is 16.1. The molecule has 5 heteroatoms. The van der Waals surface area contributed by atoms with E-state index >= 15 is 0 Å². The second-order valence-electron chi connectivity index (χ2n) is 4.42. The zero-order chi connectivity index (χ0) is 13.4. The monoisotopic (exact) mass is 270 g/mol. The fourth-order valence-corrected chi connectivity index (χ4v) is 2.46. The van der Waals surface area contributed by atoms with Crippen LogP contribution in [0.3, 0.4) is 0 Å². The first-order valence-electron chi connectivity index (χ1n) is 6.34. The second-order valence-corrected chi connectivity index (χ2v) is 5.31. The van der Waals surface area contributed by atoms with Crippen molar-refractivity contribution in [3.05, 3.63) is 16.1 Å². The van der Waals surface area contributed by atoms with Gasteiger partial charge >= 0.3 is 0 Å². The second kappa shape index (κ2) is 8.21. The number of carbonyl (C=O) groups excluding carboxylic acids is 1. The number of ether oxygens (including phenoxy) is 1. The summed E-state index contributed by atoms with van der Waals surface area (Å²) >= 11 is 1.59. The number of methoxy groups -OCH3 is 1. The highest BCUT2D eigenvalue weighted by Gasteiger charge is 2.12. The number of hydrogen-bond acceptors (Lipinski definition) is 4. The van der Waals surface area contributed by atoms with E-state index < -0.39 is 0 Å². The van der Waals surface area contributed by atoms with Gasteiger partial charge in [0.15, 0.2) is 0 Å². The van der Waals surface area contributed by atoms with E-state index in [1.165, 1.54) is 0 Å². The van der Waals surface area contributed by atoms with Crippen LogP contribution in [-0.4, -0.2) is 24.6 Å². The number of thiazole rings is 1. The van der Waals surface area contributed by atoms with E-state index in [9.17, 15) is 4.79 Å². The van der Waals surface area contributed by atoms with E-state index in [2.05, 4.69) is 10.3 Å². The number of nitrogens with zero attached hydrogens (tertiary/aromatic N) is 1. The van der Waals surface area contributed by atoms with Crippen LogP contribution >= 0.6 is 11.3 Å². The topological polar surface area (TPSA) is 51.2 Å². The number of rotatable bonds is 8. The Balaban J connectivity index is 2.19. The van der Waals surface area contributed by atoms with Gasteiger partial charge in [0, 0.05) is 31.2 Å². The van der Waals surface area contributed by atoms with E-state index in [0.717, 1.165) is 36.6 Å². The van der Waals surface area contributed by atoms with Gasteiger partial charge < -0.3 is 10.1 Å². The minimum absolute atomic E-state index is 0.00942. The standard InChI is InChI=1S/C13H22N2O2S/c1-10-9-18-13(14-10)11(2)15-12(16)7-5-4-6-8-17-3/h9,11H,4-8H2,1-3H3,(H,15,16)/t11-/m1/s1. The third-order valence-corrected chi connectivity index (χ3v) is 3.78. The largest absolute Gasteiger partial charge is 0.385 e. The lowest BCUT2D eigenvalue weighted by Gasteiger charge is -2.11. The summed E-state index contributed by atoms with van der Waals surface area (Å²) in [5.74, 6) is 0.104. The number of unbranched alkanes of at least 4 members (excludes halogenated alkanes) is 2. The highest BCUT2D eigenvalue weighted by Crippen LogP contribution is 2.17. The Bertz CT molecular complexity index is 366. The number of nitrogens with one attached hydrogen (secondary N) is 1. The van der Waals surface area contributed by atoms with Gasteiger partial charge in [-0.05, 0) is 26.7 Å². The summed E-state index contributed by atoms with van der Waals surface area (Å²) in [6.45, 7) is 4.71. The number of carbonyl (C=O) groups is 1. The van der Waals surface area contributed by atoms with Crippen molar-refractivity contribution in [2.24, 2.45) is 0 Å². The van der Waals surface area contributed by atoms with Crippen LogP contribution in [0.15, 0.2) is 5.38 Å². The molecule has 1 amide bonds. The van der Waals surface area contributed by atoms with Crippen molar-refractivity contribution in [2.75, 3.05) is 13.7 Å². The third kappa shape index (κ3) is 5.60. The molecule has 1 heterocycles. The first kappa shape index (κ1) is 15.1. The molecule has 0 aliphatic carbocycles. The van der Waals surface area contributed by atoms with E-state index in [1.54, 1.807) is 18.4 Å². The molecule has 102 valence electrons. The van der Waals surface area contributed by atoms with Gasteiger partial charge in [0.1, 0.15) is 5.01 Å². The molecule has 0 spiro atoms. The zero-order valence-electron chi connectivity index (χ0n) is 11.4. The van der Waals surface area contributed by atoms with E-state index in [4.69, 9.17) is 4.74 Å². The normalized spacial score (nSPS) is 12.4. The van der Waals surface area contributed by atoms with Crippen molar-refractivity contribution in [3.63, 3.8) is 0 Å².